The van der Waals surface area contributed by atoms with Gasteiger partial charge in [-0.15, -0.1) is 11.3 Å². The van der Waals surface area contributed by atoms with E-state index in [1.54, 1.807) is 24.5 Å². The van der Waals surface area contributed by atoms with Crippen molar-refractivity contribution in [2.75, 3.05) is 0 Å². The van der Waals surface area contributed by atoms with Gasteiger partial charge in [-0.3, -0.25) is 9.78 Å². The van der Waals surface area contributed by atoms with E-state index >= 15 is 0 Å². The first-order chi connectivity index (χ1) is 16.0. The molecule has 0 aliphatic carbocycles. The van der Waals surface area contributed by atoms with Gasteiger partial charge in [0.2, 0.25) is 17.6 Å². The van der Waals surface area contributed by atoms with Crippen LogP contribution in [0.4, 0.5) is 0 Å². The number of thiazole rings is 1. The number of hydrogen-bond donors (Lipinski definition) is 1. The Labute approximate surface area is 196 Å². The third-order valence-electron chi connectivity index (χ3n) is 4.95. The van der Waals surface area contributed by atoms with Crippen LogP contribution in [0.2, 0.25) is 0 Å². The average molecular weight is 464 g/mol. The van der Waals surface area contributed by atoms with Crippen molar-refractivity contribution in [1.82, 2.24) is 25.4 Å². The molecular formula is C24H25N5O3S. The third kappa shape index (κ3) is 6.01. The number of rotatable bonds is 9. The first-order valence-electron chi connectivity index (χ1n) is 10.6. The average Bonchev–Trinajstić information content (AvgIpc) is 3.47. The second-order valence-corrected chi connectivity index (χ2v) is 8.94. The highest BCUT2D eigenvalue weighted by atomic mass is 32.1. The van der Waals surface area contributed by atoms with Crippen molar-refractivity contribution in [3.05, 3.63) is 76.3 Å². The number of benzene rings is 1. The molecule has 1 N–H and O–H groups in total. The predicted molar refractivity (Wildman–Crippen MR) is 125 cm³/mol. The molecule has 170 valence electrons. The highest BCUT2D eigenvalue weighted by molar-refractivity contribution is 7.09. The highest BCUT2D eigenvalue weighted by Crippen LogP contribution is 2.24. The van der Waals surface area contributed by atoms with Crippen LogP contribution in [0.25, 0.3) is 11.4 Å². The second kappa shape index (κ2) is 10.4. The lowest BCUT2D eigenvalue weighted by molar-refractivity contribution is -0.121. The van der Waals surface area contributed by atoms with E-state index in [1.807, 2.05) is 50.4 Å². The number of carbonyl (C=O) groups is 1. The molecule has 0 radical (unpaired) electrons. The Morgan fingerprint density at radius 1 is 1.12 bits per heavy atom. The lowest BCUT2D eigenvalue weighted by Crippen LogP contribution is -2.33. The summed E-state index contributed by atoms with van der Waals surface area (Å²) in [6, 6.07) is 11.1. The number of pyridine rings is 1. The number of nitrogens with one attached hydrogen (secondary N) is 1. The molecule has 33 heavy (non-hydrogen) atoms. The van der Waals surface area contributed by atoms with Gasteiger partial charge in [-0.1, -0.05) is 36.7 Å². The van der Waals surface area contributed by atoms with Gasteiger partial charge < -0.3 is 14.6 Å². The molecule has 0 saturated carbocycles. The molecule has 0 spiro atoms. The standard InChI is InChI=1S/C24H25N5O3S/c1-15(2)22(24-28-23(29-32-24)17-8-10-25-11-9-17)27-20(30)12-18-14-33-21(26-18)13-31-19-6-4-16(3)5-7-19/h4-11,14-15,22H,12-13H2,1-3H3,(H,27,30). The first-order valence-corrected chi connectivity index (χ1v) is 11.5. The van der Waals surface area contributed by atoms with Crippen molar-refractivity contribution in [2.45, 2.75) is 39.8 Å². The number of amides is 1. The van der Waals surface area contributed by atoms with E-state index in [0.29, 0.717) is 24.0 Å². The molecule has 3 aromatic heterocycles. The van der Waals surface area contributed by atoms with Crippen LogP contribution in [-0.2, 0) is 17.8 Å². The summed E-state index contributed by atoms with van der Waals surface area (Å²) < 4.78 is 11.2. The monoisotopic (exact) mass is 463 g/mol. The van der Waals surface area contributed by atoms with Gasteiger partial charge in [-0.05, 0) is 37.1 Å². The molecule has 0 bridgehead atoms. The van der Waals surface area contributed by atoms with Gasteiger partial charge in [-0.25, -0.2) is 4.98 Å². The maximum Gasteiger partial charge on any atom is 0.249 e. The topological polar surface area (TPSA) is 103 Å². The molecule has 8 nitrogen and oxygen atoms in total. The Morgan fingerprint density at radius 2 is 1.88 bits per heavy atom. The summed E-state index contributed by atoms with van der Waals surface area (Å²) in [6.45, 7) is 6.38. The van der Waals surface area contributed by atoms with Crippen molar-refractivity contribution in [3.8, 4) is 17.1 Å². The fraction of sp³-hybridized carbons (Fsp3) is 0.292. The number of nitrogens with zero attached hydrogens (tertiary/aromatic N) is 4. The molecule has 1 atom stereocenters. The van der Waals surface area contributed by atoms with Crippen molar-refractivity contribution in [3.63, 3.8) is 0 Å². The number of hydrogen-bond acceptors (Lipinski definition) is 8. The van der Waals surface area contributed by atoms with Crippen LogP contribution in [0.15, 0.2) is 58.7 Å². The molecule has 0 fully saturated rings. The smallest absolute Gasteiger partial charge is 0.249 e. The fourth-order valence-electron chi connectivity index (χ4n) is 3.16. The summed E-state index contributed by atoms with van der Waals surface area (Å²) in [6.07, 6.45) is 3.50. The fourth-order valence-corrected chi connectivity index (χ4v) is 3.86. The van der Waals surface area contributed by atoms with E-state index in [-0.39, 0.29) is 18.2 Å². The third-order valence-corrected chi connectivity index (χ3v) is 5.82. The highest BCUT2D eigenvalue weighted by Gasteiger charge is 2.25. The quantitative estimate of drug-likeness (QED) is 0.389. The summed E-state index contributed by atoms with van der Waals surface area (Å²) in [5.74, 6) is 1.53. The Kier molecular flexibility index (Phi) is 7.09. The molecule has 1 amide bonds. The van der Waals surface area contributed by atoms with Gasteiger partial charge in [0.05, 0.1) is 12.1 Å². The van der Waals surface area contributed by atoms with Crippen molar-refractivity contribution >= 4 is 17.2 Å². The number of aryl methyl sites for hydroxylation is 1. The van der Waals surface area contributed by atoms with Gasteiger partial charge in [0.1, 0.15) is 23.4 Å². The van der Waals surface area contributed by atoms with Crippen molar-refractivity contribution in [1.29, 1.82) is 0 Å². The largest absolute Gasteiger partial charge is 0.486 e. The minimum Gasteiger partial charge on any atom is -0.486 e. The zero-order chi connectivity index (χ0) is 23.2. The Hall–Kier alpha value is -3.59. The van der Waals surface area contributed by atoms with Crippen LogP contribution in [-0.4, -0.2) is 26.0 Å². The van der Waals surface area contributed by atoms with E-state index in [2.05, 4.69) is 25.4 Å². The maximum atomic E-state index is 12.7. The first kappa shape index (κ1) is 22.6. The lowest BCUT2D eigenvalue weighted by Gasteiger charge is -2.18. The van der Waals surface area contributed by atoms with Gasteiger partial charge in [-0.2, -0.15) is 4.98 Å². The number of ether oxygens (including phenoxy) is 1. The molecule has 0 aliphatic rings. The van der Waals surface area contributed by atoms with Gasteiger partial charge >= 0.3 is 0 Å². The second-order valence-electron chi connectivity index (χ2n) is 7.99. The van der Waals surface area contributed by atoms with Crippen LogP contribution in [0, 0.1) is 12.8 Å². The normalized spacial score (nSPS) is 12.0. The van der Waals surface area contributed by atoms with Gasteiger partial charge in [0, 0.05) is 23.3 Å². The number of aromatic nitrogens is 4. The Balaban J connectivity index is 1.35. The van der Waals surface area contributed by atoms with Crippen LogP contribution < -0.4 is 10.1 Å². The Morgan fingerprint density at radius 3 is 2.61 bits per heavy atom. The summed E-state index contributed by atoms with van der Waals surface area (Å²) in [7, 11) is 0. The van der Waals surface area contributed by atoms with Gasteiger partial charge in [0.15, 0.2) is 0 Å². The molecule has 4 aromatic rings. The van der Waals surface area contributed by atoms with Crippen LogP contribution in [0.3, 0.4) is 0 Å². The minimum atomic E-state index is -0.399. The van der Waals surface area contributed by atoms with E-state index in [4.69, 9.17) is 9.26 Å². The SMILES string of the molecule is Cc1ccc(OCc2nc(CC(=O)NC(c3nc(-c4ccncc4)no3)C(C)C)cs2)cc1. The molecule has 1 aromatic carbocycles. The number of carbonyl (C=O) groups excluding carboxylic acids is 1. The van der Waals surface area contributed by atoms with Crippen LogP contribution in [0.5, 0.6) is 5.75 Å². The van der Waals surface area contributed by atoms with Crippen LogP contribution in [0.1, 0.15) is 42.0 Å². The van der Waals surface area contributed by atoms with E-state index < -0.39 is 6.04 Å². The zero-order valence-electron chi connectivity index (χ0n) is 18.7. The van der Waals surface area contributed by atoms with Gasteiger partial charge in [0.25, 0.3) is 0 Å². The van der Waals surface area contributed by atoms with E-state index in [0.717, 1.165) is 16.3 Å². The zero-order valence-corrected chi connectivity index (χ0v) is 19.5. The summed E-state index contributed by atoms with van der Waals surface area (Å²) in [5, 5.41) is 9.75. The molecule has 4 rings (SSSR count). The predicted octanol–water partition coefficient (Wildman–Crippen LogP) is 4.53. The molecular weight excluding hydrogens is 438 g/mol. The van der Waals surface area contributed by atoms with Crippen molar-refractivity contribution in [2.24, 2.45) is 5.92 Å². The summed E-state index contributed by atoms with van der Waals surface area (Å²) in [4.78, 5) is 25.7. The summed E-state index contributed by atoms with van der Waals surface area (Å²) >= 11 is 1.47. The van der Waals surface area contributed by atoms with E-state index in [1.165, 1.54) is 16.9 Å². The van der Waals surface area contributed by atoms with Crippen molar-refractivity contribution < 1.29 is 14.1 Å². The molecule has 9 heteroatoms. The Bertz CT molecular complexity index is 1190. The van der Waals surface area contributed by atoms with Crippen LogP contribution >= 0.6 is 11.3 Å². The molecule has 3 heterocycles. The lowest BCUT2D eigenvalue weighted by atomic mass is 10.0. The summed E-state index contributed by atoms with van der Waals surface area (Å²) in [5.41, 5.74) is 2.68. The van der Waals surface area contributed by atoms with E-state index in [9.17, 15) is 4.79 Å². The minimum absolute atomic E-state index is 0.0635. The molecule has 0 saturated heterocycles. The molecule has 1 unspecified atom stereocenters. The maximum absolute atomic E-state index is 12.7. The molecule has 0 aliphatic heterocycles.